The number of Topliss-reactive ketones (excluding diaryl/α,β-unsaturated/α-hetero) is 2. The number of hydrogen-bond donors (Lipinski definition) is 3. The second kappa shape index (κ2) is 27.1. The van der Waals surface area contributed by atoms with E-state index in [0.717, 1.165) is 108 Å². The number of carbonyl (C=O) groups is 3. The normalized spacial score (nSPS) is 37.9. The molecule has 16 atom stereocenters. The molecule has 2 aromatic carbocycles. The number of aliphatic hydroxyl groups is 2. The molecule has 12 rings (SSSR count). The Morgan fingerprint density at radius 1 is 0.680 bits per heavy atom. The summed E-state index contributed by atoms with van der Waals surface area (Å²) < 4.78 is 12.4. The maximum Gasteiger partial charge on any atom is 1.00 e. The van der Waals surface area contributed by atoms with Gasteiger partial charge in [-0.3, -0.25) is 14.4 Å². The average molecular weight is 1150 g/mol. The molecular formula is C57H81BrK2N6O9. The number of ether oxygens (including phenoxy) is 2. The number of halogens is 1. The SMILES string of the molecule is COC[C@@]1(O)CC[C@H]2[C@H](CC[C@@H]3[C@@H]2CC[C@]2(C)[C@@H](C(=O)CBr)CC[C@@H]32)C1.COC[C@@]1(O)CC[C@H]2[C@H](CC[C@@H]3[C@@H]2CC[C@]2(C)[C@@H](C(=O)Cn4nnc5ccccc54)CC[C@@H]32)C1.O=CO[O-].[H-].[K+].[K+].c1ccc2n[nH]nc2c1. The molecule has 0 aliphatic heterocycles. The summed E-state index contributed by atoms with van der Waals surface area (Å²) in [6.45, 7) is 5.96. The van der Waals surface area contributed by atoms with Crippen molar-refractivity contribution in [3.05, 3.63) is 48.5 Å². The zero-order valence-electron chi connectivity index (χ0n) is 46.5. The molecule has 8 aliphatic carbocycles. The molecular weight excluding hydrogens is 1070 g/mol. The Morgan fingerprint density at radius 3 is 1.60 bits per heavy atom. The Hall–Kier alpha value is -0.397. The van der Waals surface area contributed by atoms with Crippen LogP contribution in [0, 0.1) is 81.8 Å². The third-order valence-electron chi connectivity index (χ3n) is 20.9. The number of hydrogen-bond acceptors (Lipinski definition) is 13. The Balaban J connectivity index is 0.000000197. The Labute approximate surface area is 538 Å². The number of benzene rings is 2. The van der Waals surface area contributed by atoms with E-state index in [-0.39, 0.29) is 133 Å². The van der Waals surface area contributed by atoms with Gasteiger partial charge in [0, 0.05) is 26.1 Å². The van der Waals surface area contributed by atoms with Crippen LogP contribution in [-0.4, -0.2) is 103 Å². The molecule has 18 heteroatoms. The first-order valence-corrected chi connectivity index (χ1v) is 28.6. The predicted molar refractivity (Wildman–Crippen MR) is 278 cm³/mol. The van der Waals surface area contributed by atoms with Gasteiger partial charge in [-0.05, 0) is 210 Å². The van der Waals surface area contributed by atoms with Crippen LogP contribution in [0.4, 0.5) is 0 Å². The van der Waals surface area contributed by atoms with Crippen molar-refractivity contribution in [2.24, 2.45) is 81.8 Å². The van der Waals surface area contributed by atoms with Crippen LogP contribution in [0.5, 0.6) is 0 Å². The van der Waals surface area contributed by atoms with E-state index in [1.807, 2.05) is 48.5 Å². The number of nitrogens with zero attached hydrogens (tertiary/aromatic N) is 5. The summed E-state index contributed by atoms with van der Waals surface area (Å²) in [5.41, 5.74) is 2.78. The summed E-state index contributed by atoms with van der Waals surface area (Å²) in [6, 6.07) is 15.6. The Bertz CT molecular complexity index is 2500. The van der Waals surface area contributed by atoms with Gasteiger partial charge < -0.3 is 31.3 Å². The van der Waals surface area contributed by atoms with Crippen molar-refractivity contribution < 1.29 is 148 Å². The van der Waals surface area contributed by atoms with E-state index in [0.29, 0.717) is 54.4 Å². The first-order valence-electron chi connectivity index (χ1n) is 27.5. The maximum atomic E-state index is 13.6. The van der Waals surface area contributed by atoms with Gasteiger partial charge >= 0.3 is 103 Å². The first-order chi connectivity index (χ1) is 35.2. The number of rotatable bonds is 10. The summed E-state index contributed by atoms with van der Waals surface area (Å²) in [4.78, 5) is 37.4. The third kappa shape index (κ3) is 13.1. The van der Waals surface area contributed by atoms with Gasteiger partial charge in [0.15, 0.2) is 5.78 Å². The number of ketones is 2. The van der Waals surface area contributed by atoms with E-state index in [1.54, 1.807) is 18.9 Å². The summed E-state index contributed by atoms with van der Waals surface area (Å²) >= 11 is 3.42. The Morgan fingerprint density at radius 2 is 1.13 bits per heavy atom. The van der Waals surface area contributed by atoms with Crippen molar-refractivity contribution in [2.45, 2.75) is 147 Å². The van der Waals surface area contributed by atoms with Crippen molar-refractivity contribution >= 4 is 56.0 Å². The molecule has 8 saturated carbocycles. The van der Waals surface area contributed by atoms with Crippen molar-refractivity contribution in [1.82, 2.24) is 30.4 Å². The number of nitrogens with one attached hydrogen (secondary N) is 1. The molecule has 15 nitrogen and oxygen atoms in total. The second-order valence-corrected chi connectivity index (χ2v) is 24.9. The van der Waals surface area contributed by atoms with Gasteiger partial charge in [0.2, 0.25) is 0 Å². The van der Waals surface area contributed by atoms with Crippen molar-refractivity contribution in [1.29, 1.82) is 0 Å². The second-order valence-electron chi connectivity index (χ2n) is 24.3. The van der Waals surface area contributed by atoms with Crippen LogP contribution in [0.25, 0.3) is 22.1 Å². The van der Waals surface area contributed by atoms with E-state index in [4.69, 9.17) is 19.5 Å². The van der Waals surface area contributed by atoms with Crippen LogP contribution in [0.15, 0.2) is 48.5 Å². The van der Waals surface area contributed by atoms with Gasteiger partial charge in [-0.15, -0.1) is 5.10 Å². The van der Waals surface area contributed by atoms with E-state index in [9.17, 15) is 19.8 Å². The van der Waals surface area contributed by atoms with Gasteiger partial charge in [0.25, 0.3) is 6.47 Å². The number of methoxy groups -OCH3 is 2. The summed E-state index contributed by atoms with van der Waals surface area (Å²) in [5, 5.41) is 49.6. The number of H-pyrrole nitrogens is 1. The molecule has 3 N–H and O–H groups in total. The van der Waals surface area contributed by atoms with Crippen molar-refractivity contribution in [3.63, 3.8) is 0 Å². The monoisotopic (exact) mass is 1150 g/mol. The topological polar surface area (TPSA) is 215 Å². The average Bonchev–Trinajstić information content (AvgIpc) is 4.21. The van der Waals surface area contributed by atoms with E-state index < -0.39 is 11.2 Å². The summed E-state index contributed by atoms with van der Waals surface area (Å²) in [6.07, 6.45) is 20.5. The number of aromatic nitrogens is 6. The fourth-order valence-corrected chi connectivity index (χ4v) is 18.3. The maximum absolute atomic E-state index is 13.6. The fourth-order valence-electron chi connectivity index (χ4n) is 18.0. The zero-order chi connectivity index (χ0) is 51.5. The minimum Gasteiger partial charge on any atom is -1.00 e. The summed E-state index contributed by atoms with van der Waals surface area (Å²) in [7, 11) is 3.40. The molecule has 402 valence electrons. The molecule has 2 aromatic heterocycles. The number of aromatic amines is 1. The van der Waals surface area contributed by atoms with E-state index in [1.165, 1.54) is 70.6 Å². The van der Waals surface area contributed by atoms with Crippen molar-refractivity contribution in [2.75, 3.05) is 32.8 Å². The molecule has 2 heterocycles. The zero-order valence-corrected chi connectivity index (χ0v) is 53.4. The largest absolute Gasteiger partial charge is 1.00 e. The van der Waals surface area contributed by atoms with Gasteiger partial charge in [-0.1, -0.05) is 59.3 Å². The molecule has 8 aliphatic rings. The van der Waals surface area contributed by atoms with Crippen LogP contribution in [0.3, 0.4) is 0 Å². The van der Waals surface area contributed by atoms with Gasteiger partial charge in [0.1, 0.15) is 28.9 Å². The molecule has 8 fully saturated rings. The minimum atomic E-state index is -0.623. The quantitative estimate of drug-likeness (QED) is 0.0686. The van der Waals surface area contributed by atoms with E-state index in [2.05, 4.69) is 60.4 Å². The molecule has 0 saturated heterocycles. The predicted octanol–water partition coefficient (Wildman–Crippen LogP) is 2.76. The number of para-hydroxylation sites is 3. The number of alkyl halides is 1. The van der Waals surface area contributed by atoms with Crippen LogP contribution in [0.2, 0.25) is 0 Å². The van der Waals surface area contributed by atoms with E-state index >= 15 is 0 Å². The first kappa shape index (κ1) is 62.2. The van der Waals surface area contributed by atoms with Crippen molar-refractivity contribution in [3.8, 4) is 0 Å². The Kier molecular flexibility index (Phi) is 22.5. The fraction of sp³-hybridized carbons (Fsp3) is 0.737. The van der Waals surface area contributed by atoms with Crippen LogP contribution in [0.1, 0.15) is 131 Å². The summed E-state index contributed by atoms with van der Waals surface area (Å²) in [5.74, 6) is 8.63. The standard InChI is InChI=1S/C28H39N3O3.C22H35BrO3.C6H5N3.CH2O3.2K.H/c1-27-13-11-20-19-12-14-28(33,17-34-2)15-18(19)7-8-21(20)22(27)9-10-23(27)26(32)16-31-25-6-4-3-5-24(25)29-30-31;1-21-9-7-16-15-8-10-22(25,13-26-2)11-14(15)3-4-17(16)18(21)5-6-19(21)20(24)12-23;1-2-4-6-5(3-1)7-9-8-6;2-1-4-3;;;/h3-6,18-23,33H,7-17H2,1-2H3;14-19,25H,3-13H2,1-2H3;1-4H,(H,7,8,9);1,3H;;;/q;;;;2*+1;-1/p-1/t18-,19+,20-,21-,22+,23-,27+,28-;14-,15+,16-,17-,18+,19-,21+,22-;;;;;/m11...../s1. The molecule has 0 radical (unpaired) electrons. The van der Waals surface area contributed by atoms with Crippen LogP contribution < -0.4 is 108 Å². The molecule has 4 aromatic rings. The molecule has 0 unspecified atom stereocenters. The molecule has 75 heavy (non-hydrogen) atoms. The van der Waals surface area contributed by atoms with Gasteiger partial charge in [-0.25, -0.2) is 4.68 Å². The smallest absolute Gasteiger partial charge is 1.00 e. The minimum absolute atomic E-state index is 0. The van der Waals surface area contributed by atoms with Crippen LogP contribution in [-0.2, 0) is 35.3 Å². The molecule has 0 amide bonds. The van der Waals surface area contributed by atoms with Gasteiger partial charge in [0.05, 0.1) is 35.3 Å². The third-order valence-corrected chi connectivity index (χ3v) is 21.5. The van der Waals surface area contributed by atoms with Crippen LogP contribution >= 0.6 is 15.9 Å². The molecule has 0 spiro atoms. The van der Waals surface area contributed by atoms with Gasteiger partial charge in [-0.2, -0.15) is 15.4 Å². The number of fused-ring (bicyclic) bond motifs is 12. The number of carbonyl (C=O) groups excluding carboxylic acids is 3. The molecule has 0 bridgehead atoms.